The van der Waals surface area contributed by atoms with Crippen LogP contribution in [0.1, 0.15) is 29.0 Å². The van der Waals surface area contributed by atoms with Gasteiger partial charge in [0.15, 0.2) is 11.6 Å². The van der Waals surface area contributed by atoms with Gasteiger partial charge in [0.05, 0.1) is 0 Å². The van der Waals surface area contributed by atoms with Crippen LogP contribution in [0.25, 0.3) is 0 Å². The van der Waals surface area contributed by atoms with Crippen LogP contribution in [0.15, 0.2) is 30.6 Å². The van der Waals surface area contributed by atoms with E-state index in [9.17, 15) is 14.0 Å². The Morgan fingerprint density at radius 1 is 1.20 bits per heavy atom. The van der Waals surface area contributed by atoms with Crippen LogP contribution in [-0.4, -0.2) is 26.5 Å². The molecule has 1 aromatic heterocycles. The quantitative estimate of drug-likeness (QED) is 0.638. The van der Waals surface area contributed by atoms with Crippen molar-refractivity contribution in [3.63, 3.8) is 0 Å². The first kappa shape index (κ1) is 14.2. The lowest BCUT2D eigenvalue weighted by Crippen LogP contribution is -2.22. The summed E-state index contributed by atoms with van der Waals surface area (Å²) in [5, 5.41) is -0.104. The molecule has 0 aliphatic rings. The Hall–Kier alpha value is -2.21. The van der Waals surface area contributed by atoms with Crippen LogP contribution < -0.4 is 0 Å². The molecule has 1 unspecified atom stereocenters. The van der Waals surface area contributed by atoms with Crippen LogP contribution >= 0.6 is 11.6 Å². The molecule has 0 N–H and O–H groups in total. The van der Waals surface area contributed by atoms with E-state index < -0.39 is 23.3 Å². The van der Waals surface area contributed by atoms with Gasteiger partial charge in [-0.1, -0.05) is 0 Å². The second-order valence-electron chi connectivity index (χ2n) is 4.03. The maximum atomic E-state index is 12.9. The predicted octanol–water partition coefficient (Wildman–Crippen LogP) is 2.22. The first-order valence-electron chi connectivity index (χ1n) is 5.63. The van der Waals surface area contributed by atoms with E-state index in [1.807, 2.05) is 0 Å². The lowest BCUT2D eigenvalue weighted by Gasteiger charge is -2.11. The zero-order chi connectivity index (χ0) is 14.7. The van der Waals surface area contributed by atoms with Gasteiger partial charge in [-0.25, -0.2) is 19.3 Å². The van der Waals surface area contributed by atoms with E-state index in [4.69, 9.17) is 11.6 Å². The molecule has 1 atom stereocenters. The number of carbonyl (C=O) groups excluding carboxylic acids is 2. The average molecular weight is 294 g/mol. The Balaban J connectivity index is 2.41. The number of benzene rings is 1. The molecule has 2 aromatic rings. The maximum absolute atomic E-state index is 12.9. The Morgan fingerprint density at radius 2 is 1.85 bits per heavy atom. The van der Waals surface area contributed by atoms with Gasteiger partial charge in [-0.3, -0.25) is 9.59 Å². The van der Waals surface area contributed by atoms with Crippen LogP contribution in [0.4, 0.5) is 4.39 Å². The predicted molar refractivity (Wildman–Crippen MR) is 69.0 cm³/mol. The van der Waals surface area contributed by atoms with E-state index in [1.165, 1.54) is 19.1 Å². The van der Waals surface area contributed by atoms with Gasteiger partial charge in [0.1, 0.15) is 23.8 Å². The fourth-order valence-electron chi connectivity index (χ4n) is 1.69. The smallest absolute Gasteiger partial charge is 0.225 e. The van der Waals surface area contributed by atoms with Crippen molar-refractivity contribution in [2.75, 3.05) is 0 Å². The lowest BCUT2D eigenvalue weighted by atomic mass is 9.93. The second-order valence-corrected chi connectivity index (χ2v) is 4.37. The summed E-state index contributed by atoms with van der Waals surface area (Å²) in [5.41, 5.74) is 0.197. The third kappa shape index (κ3) is 3.03. The highest BCUT2D eigenvalue weighted by molar-refractivity contribution is 6.28. The van der Waals surface area contributed by atoms with Crippen LogP contribution in [0.5, 0.6) is 0 Å². The number of ketones is 2. The van der Waals surface area contributed by atoms with Crippen molar-refractivity contribution in [1.82, 2.24) is 15.0 Å². The van der Waals surface area contributed by atoms with Crippen molar-refractivity contribution in [3.05, 3.63) is 53.1 Å². The molecule has 20 heavy (non-hydrogen) atoms. The fourth-order valence-corrected chi connectivity index (χ4v) is 1.82. The molecule has 0 bridgehead atoms. The molecule has 102 valence electrons. The zero-order valence-corrected chi connectivity index (χ0v) is 11.1. The molecule has 1 aromatic carbocycles. The highest BCUT2D eigenvalue weighted by Gasteiger charge is 2.29. The summed E-state index contributed by atoms with van der Waals surface area (Å²) in [4.78, 5) is 35.2. The van der Waals surface area contributed by atoms with Gasteiger partial charge in [0.25, 0.3) is 0 Å². The van der Waals surface area contributed by atoms with Crippen molar-refractivity contribution in [3.8, 4) is 0 Å². The number of halogens is 2. The minimum atomic E-state index is -1.18. The lowest BCUT2D eigenvalue weighted by molar-refractivity contribution is -0.117. The third-order valence-corrected chi connectivity index (χ3v) is 2.80. The SMILES string of the molecule is CC(=O)C(C(=O)c1ccc(F)cc1)c1ncnc(Cl)n1. The molecule has 0 aliphatic carbocycles. The first-order valence-corrected chi connectivity index (χ1v) is 6.01. The number of nitrogens with zero attached hydrogens (tertiary/aromatic N) is 3. The average Bonchev–Trinajstić information content (AvgIpc) is 2.39. The Kier molecular flexibility index (Phi) is 4.14. The molecule has 0 spiro atoms. The van der Waals surface area contributed by atoms with E-state index in [0.717, 1.165) is 18.5 Å². The number of aromatic nitrogens is 3. The minimum absolute atomic E-state index is 0.0215. The molecule has 0 amide bonds. The van der Waals surface area contributed by atoms with Crippen molar-refractivity contribution in [2.24, 2.45) is 0 Å². The van der Waals surface area contributed by atoms with Gasteiger partial charge >= 0.3 is 0 Å². The van der Waals surface area contributed by atoms with E-state index in [2.05, 4.69) is 15.0 Å². The Morgan fingerprint density at radius 3 is 2.40 bits per heavy atom. The number of Topliss-reactive ketones (excluding diaryl/α,β-unsaturated/α-hetero) is 2. The first-order chi connectivity index (χ1) is 9.49. The summed E-state index contributed by atoms with van der Waals surface area (Å²) in [7, 11) is 0. The van der Waals surface area contributed by atoms with Crippen LogP contribution in [0.2, 0.25) is 5.28 Å². The van der Waals surface area contributed by atoms with E-state index in [-0.39, 0.29) is 16.7 Å². The van der Waals surface area contributed by atoms with Crippen molar-refractivity contribution < 1.29 is 14.0 Å². The van der Waals surface area contributed by atoms with Gasteiger partial charge in [-0.05, 0) is 42.8 Å². The largest absolute Gasteiger partial charge is 0.299 e. The number of hydrogen-bond acceptors (Lipinski definition) is 5. The normalized spacial score (nSPS) is 11.9. The summed E-state index contributed by atoms with van der Waals surface area (Å²) in [6.45, 7) is 1.25. The monoisotopic (exact) mass is 293 g/mol. The molecular formula is C13H9ClFN3O2. The number of carbonyl (C=O) groups is 2. The van der Waals surface area contributed by atoms with Crippen LogP contribution in [0, 0.1) is 5.82 Å². The van der Waals surface area contributed by atoms with Crippen molar-refractivity contribution in [2.45, 2.75) is 12.8 Å². The highest BCUT2D eigenvalue weighted by Crippen LogP contribution is 2.20. The molecule has 0 saturated carbocycles. The van der Waals surface area contributed by atoms with E-state index in [1.54, 1.807) is 0 Å². The van der Waals surface area contributed by atoms with Crippen LogP contribution in [-0.2, 0) is 4.79 Å². The van der Waals surface area contributed by atoms with Gasteiger partial charge in [-0.15, -0.1) is 0 Å². The summed E-state index contributed by atoms with van der Waals surface area (Å²) in [6, 6.07) is 4.89. The van der Waals surface area contributed by atoms with Gasteiger partial charge in [0.2, 0.25) is 5.28 Å². The zero-order valence-electron chi connectivity index (χ0n) is 10.4. The highest BCUT2D eigenvalue weighted by atomic mass is 35.5. The van der Waals surface area contributed by atoms with E-state index in [0.29, 0.717) is 0 Å². The maximum Gasteiger partial charge on any atom is 0.225 e. The summed E-state index contributed by atoms with van der Waals surface area (Å²) in [6.07, 6.45) is 1.12. The minimum Gasteiger partial charge on any atom is -0.299 e. The molecule has 0 saturated heterocycles. The second kappa shape index (κ2) is 5.83. The molecule has 1 heterocycles. The van der Waals surface area contributed by atoms with Gasteiger partial charge in [-0.2, -0.15) is 0 Å². The summed E-state index contributed by atoms with van der Waals surface area (Å²) < 4.78 is 12.9. The molecule has 7 heteroatoms. The van der Waals surface area contributed by atoms with E-state index >= 15 is 0 Å². The number of hydrogen-bond donors (Lipinski definition) is 0. The fraction of sp³-hybridized carbons (Fsp3) is 0.154. The molecule has 0 fully saturated rings. The van der Waals surface area contributed by atoms with Crippen molar-refractivity contribution in [1.29, 1.82) is 0 Å². The third-order valence-electron chi connectivity index (χ3n) is 2.62. The summed E-state index contributed by atoms with van der Waals surface area (Å²) >= 11 is 5.63. The Labute approximate surface area is 118 Å². The Bertz CT molecular complexity index is 661. The van der Waals surface area contributed by atoms with Gasteiger partial charge in [0, 0.05) is 5.56 Å². The topological polar surface area (TPSA) is 72.8 Å². The molecular weight excluding hydrogens is 285 g/mol. The number of rotatable bonds is 4. The van der Waals surface area contributed by atoms with Gasteiger partial charge < -0.3 is 0 Å². The standard InChI is InChI=1S/C13H9ClFN3O2/c1-7(19)10(12-16-6-17-13(14)18-12)11(20)8-2-4-9(15)5-3-8/h2-6,10H,1H3. The molecule has 0 radical (unpaired) electrons. The van der Waals surface area contributed by atoms with Crippen LogP contribution in [0.3, 0.4) is 0 Å². The molecule has 5 nitrogen and oxygen atoms in total. The molecule has 2 rings (SSSR count). The molecule has 0 aliphatic heterocycles. The summed E-state index contributed by atoms with van der Waals surface area (Å²) in [5.74, 6) is -2.61. The van der Waals surface area contributed by atoms with Crippen molar-refractivity contribution >= 4 is 23.2 Å².